The van der Waals surface area contributed by atoms with Crippen molar-refractivity contribution in [3.05, 3.63) is 42.0 Å². The summed E-state index contributed by atoms with van der Waals surface area (Å²) >= 11 is 0. The molecule has 78 valence electrons. The molecule has 0 spiro atoms. The van der Waals surface area contributed by atoms with Crippen LogP contribution in [0, 0.1) is 0 Å². The summed E-state index contributed by atoms with van der Waals surface area (Å²) in [5.41, 5.74) is 1.38. The molecule has 0 aromatic heterocycles. The molecule has 0 aliphatic rings. The summed E-state index contributed by atoms with van der Waals surface area (Å²) in [7, 11) is 1.70. The van der Waals surface area contributed by atoms with Crippen molar-refractivity contribution in [3.63, 3.8) is 0 Å². The van der Waals surface area contributed by atoms with Crippen LogP contribution in [0.15, 0.2) is 36.4 Å². The molecule has 0 saturated carbocycles. The van der Waals surface area contributed by atoms with Gasteiger partial charge in [-0.05, 0) is 34.4 Å². The Morgan fingerprint density at radius 2 is 1.60 bits per heavy atom. The van der Waals surface area contributed by atoms with E-state index in [0.717, 1.165) is 5.75 Å². The summed E-state index contributed by atoms with van der Waals surface area (Å²) in [6.07, 6.45) is 0. The Morgan fingerprint density at radius 3 is 2.27 bits per heavy atom. The fourth-order valence-electron chi connectivity index (χ4n) is 1.73. The van der Waals surface area contributed by atoms with E-state index in [0.29, 0.717) is 5.92 Å². The highest BCUT2D eigenvalue weighted by Gasteiger charge is 2.01. The Morgan fingerprint density at radius 1 is 0.933 bits per heavy atom. The number of fused-ring (bicyclic) bond motifs is 1. The zero-order valence-electron chi connectivity index (χ0n) is 9.45. The summed E-state index contributed by atoms with van der Waals surface area (Å²) in [5.74, 6) is 1.50. The first kappa shape index (κ1) is 10.0. The van der Waals surface area contributed by atoms with E-state index in [-0.39, 0.29) is 0 Å². The number of methoxy groups -OCH3 is 1. The van der Waals surface area contributed by atoms with Crippen LogP contribution in [0.4, 0.5) is 0 Å². The number of hydrogen-bond acceptors (Lipinski definition) is 1. The molecular formula is C14H16O. The second-order valence-corrected chi connectivity index (χ2v) is 4.13. The van der Waals surface area contributed by atoms with E-state index in [2.05, 4.69) is 44.2 Å². The monoisotopic (exact) mass is 200 g/mol. The van der Waals surface area contributed by atoms with Crippen molar-refractivity contribution in [1.82, 2.24) is 0 Å². The summed E-state index contributed by atoms with van der Waals surface area (Å²) in [6.45, 7) is 4.43. The molecule has 0 saturated heterocycles. The Bertz CT molecular complexity index is 472. The standard InChI is InChI=1S/C14H16O/c1-10(2)11-4-5-13-9-14(15-3)7-6-12(13)8-11/h4-10H,1-3H3. The highest BCUT2D eigenvalue weighted by atomic mass is 16.5. The quantitative estimate of drug-likeness (QED) is 0.712. The highest BCUT2D eigenvalue weighted by Crippen LogP contribution is 2.24. The van der Waals surface area contributed by atoms with Crippen LogP contribution < -0.4 is 4.74 Å². The summed E-state index contributed by atoms with van der Waals surface area (Å²) in [5, 5.41) is 2.51. The first-order valence-corrected chi connectivity index (χ1v) is 5.28. The average Bonchev–Trinajstić information content (AvgIpc) is 2.27. The number of hydrogen-bond donors (Lipinski definition) is 0. The molecule has 1 nitrogen and oxygen atoms in total. The molecule has 0 unspecified atom stereocenters. The van der Waals surface area contributed by atoms with Crippen molar-refractivity contribution in [1.29, 1.82) is 0 Å². The van der Waals surface area contributed by atoms with Crippen LogP contribution in [0.2, 0.25) is 0 Å². The first-order valence-electron chi connectivity index (χ1n) is 5.28. The molecule has 2 aromatic carbocycles. The van der Waals surface area contributed by atoms with Gasteiger partial charge in [0.05, 0.1) is 7.11 Å². The molecule has 0 heterocycles. The van der Waals surface area contributed by atoms with Gasteiger partial charge >= 0.3 is 0 Å². The molecule has 0 aliphatic carbocycles. The second kappa shape index (κ2) is 3.93. The van der Waals surface area contributed by atoms with E-state index in [1.165, 1.54) is 16.3 Å². The Kier molecular flexibility index (Phi) is 2.63. The van der Waals surface area contributed by atoms with Crippen molar-refractivity contribution < 1.29 is 4.74 Å². The summed E-state index contributed by atoms with van der Waals surface area (Å²) in [4.78, 5) is 0. The van der Waals surface area contributed by atoms with Gasteiger partial charge in [0, 0.05) is 0 Å². The number of rotatable bonds is 2. The SMILES string of the molecule is COc1ccc2cc(C(C)C)ccc2c1. The summed E-state index contributed by atoms with van der Waals surface area (Å²) in [6, 6.07) is 12.8. The maximum atomic E-state index is 5.20. The van der Waals surface area contributed by atoms with Gasteiger partial charge < -0.3 is 4.74 Å². The lowest BCUT2D eigenvalue weighted by Crippen LogP contribution is -1.87. The van der Waals surface area contributed by atoms with Crippen molar-refractivity contribution in [2.75, 3.05) is 7.11 Å². The van der Waals surface area contributed by atoms with Crippen molar-refractivity contribution >= 4 is 10.8 Å². The molecule has 2 rings (SSSR count). The molecule has 15 heavy (non-hydrogen) atoms. The van der Waals surface area contributed by atoms with Crippen LogP contribution in [-0.4, -0.2) is 7.11 Å². The normalized spacial score (nSPS) is 10.9. The maximum absolute atomic E-state index is 5.20. The van der Waals surface area contributed by atoms with E-state index < -0.39 is 0 Å². The minimum absolute atomic E-state index is 0.580. The van der Waals surface area contributed by atoms with E-state index in [1.54, 1.807) is 7.11 Å². The fourth-order valence-corrected chi connectivity index (χ4v) is 1.73. The van der Waals surface area contributed by atoms with E-state index in [1.807, 2.05) is 6.07 Å². The zero-order valence-corrected chi connectivity index (χ0v) is 9.45. The van der Waals surface area contributed by atoms with Crippen molar-refractivity contribution in [3.8, 4) is 5.75 Å². The molecular weight excluding hydrogens is 184 g/mol. The molecule has 1 heteroatoms. The van der Waals surface area contributed by atoms with Crippen LogP contribution in [-0.2, 0) is 0 Å². The highest BCUT2D eigenvalue weighted by molar-refractivity contribution is 5.84. The van der Waals surface area contributed by atoms with E-state index >= 15 is 0 Å². The largest absolute Gasteiger partial charge is 0.497 e. The van der Waals surface area contributed by atoms with Crippen molar-refractivity contribution in [2.45, 2.75) is 19.8 Å². The van der Waals surface area contributed by atoms with Crippen molar-refractivity contribution in [2.24, 2.45) is 0 Å². The van der Waals surface area contributed by atoms with Gasteiger partial charge in [0.15, 0.2) is 0 Å². The lowest BCUT2D eigenvalue weighted by atomic mass is 9.99. The Labute approximate surface area is 90.7 Å². The van der Waals surface area contributed by atoms with Crippen LogP contribution in [0.25, 0.3) is 10.8 Å². The van der Waals surface area contributed by atoms with Gasteiger partial charge in [-0.1, -0.05) is 38.1 Å². The smallest absolute Gasteiger partial charge is 0.119 e. The molecule has 0 atom stereocenters. The van der Waals surface area contributed by atoms with E-state index in [9.17, 15) is 0 Å². The lowest BCUT2D eigenvalue weighted by molar-refractivity contribution is 0.415. The fraction of sp³-hybridized carbons (Fsp3) is 0.286. The lowest BCUT2D eigenvalue weighted by Gasteiger charge is -2.07. The first-order chi connectivity index (χ1) is 7.20. The van der Waals surface area contributed by atoms with Crippen LogP contribution >= 0.6 is 0 Å². The third-order valence-corrected chi connectivity index (χ3v) is 2.74. The molecule has 0 radical (unpaired) electrons. The Hall–Kier alpha value is -1.50. The zero-order chi connectivity index (χ0) is 10.8. The minimum Gasteiger partial charge on any atom is -0.497 e. The van der Waals surface area contributed by atoms with Gasteiger partial charge in [-0.2, -0.15) is 0 Å². The van der Waals surface area contributed by atoms with Gasteiger partial charge in [0.2, 0.25) is 0 Å². The Balaban J connectivity index is 2.55. The molecule has 0 N–H and O–H groups in total. The molecule has 0 bridgehead atoms. The van der Waals surface area contributed by atoms with Gasteiger partial charge in [-0.25, -0.2) is 0 Å². The van der Waals surface area contributed by atoms with Crippen LogP contribution in [0.1, 0.15) is 25.3 Å². The molecule has 2 aromatic rings. The maximum Gasteiger partial charge on any atom is 0.119 e. The summed E-state index contributed by atoms with van der Waals surface area (Å²) < 4.78 is 5.20. The van der Waals surface area contributed by atoms with Gasteiger partial charge in [0.25, 0.3) is 0 Å². The minimum atomic E-state index is 0.580. The van der Waals surface area contributed by atoms with Gasteiger partial charge in [-0.3, -0.25) is 0 Å². The molecule has 0 fully saturated rings. The average molecular weight is 200 g/mol. The van der Waals surface area contributed by atoms with Crippen LogP contribution in [0.3, 0.4) is 0 Å². The molecule has 0 amide bonds. The topological polar surface area (TPSA) is 9.23 Å². The predicted octanol–water partition coefficient (Wildman–Crippen LogP) is 3.97. The third-order valence-electron chi connectivity index (χ3n) is 2.74. The van der Waals surface area contributed by atoms with Gasteiger partial charge in [-0.15, -0.1) is 0 Å². The number of benzene rings is 2. The molecule has 0 aliphatic heterocycles. The third kappa shape index (κ3) is 1.96. The predicted molar refractivity (Wildman–Crippen MR) is 64.6 cm³/mol. The second-order valence-electron chi connectivity index (χ2n) is 4.13. The number of ether oxygens (including phenoxy) is 1. The van der Waals surface area contributed by atoms with Gasteiger partial charge in [0.1, 0.15) is 5.75 Å². The van der Waals surface area contributed by atoms with Crippen LogP contribution in [0.5, 0.6) is 5.75 Å². The van der Waals surface area contributed by atoms with E-state index in [4.69, 9.17) is 4.74 Å².